The number of aromatic nitrogens is 1. The van der Waals surface area contributed by atoms with Gasteiger partial charge in [-0.1, -0.05) is 0 Å². The predicted octanol–water partition coefficient (Wildman–Crippen LogP) is 1.64. The van der Waals surface area contributed by atoms with E-state index in [9.17, 15) is 22.8 Å². The van der Waals surface area contributed by atoms with Crippen LogP contribution in [0.5, 0.6) is 5.75 Å². The summed E-state index contributed by atoms with van der Waals surface area (Å²) in [6.45, 7) is 0. The Kier molecular flexibility index (Phi) is 4.23. The number of carbonyl (C=O) groups is 1. The molecule has 18 heavy (non-hydrogen) atoms. The number of carboxylic acids is 1. The van der Waals surface area contributed by atoms with Crippen molar-refractivity contribution in [1.29, 1.82) is 0 Å². The van der Waals surface area contributed by atoms with Crippen molar-refractivity contribution in [3.8, 4) is 5.75 Å². The lowest BCUT2D eigenvalue weighted by Gasteiger charge is -2.10. The SMILES string of the molecule is O=C(O)Cc1[nH]cc(OC(F)(F)F)c(=O)c1CCl. The van der Waals surface area contributed by atoms with Crippen molar-refractivity contribution in [1.82, 2.24) is 4.98 Å². The summed E-state index contributed by atoms with van der Waals surface area (Å²) in [5.41, 5.74) is -1.41. The summed E-state index contributed by atoms with van der Waals surface area (Å²) in [7, 11) is 0. The lowest BCUT2D eigenvalue weighted by Crippen LogP contribution is -2.24. The summed E-state index contributed by atoms with van der Waals surface area (Å²) in [4.78, 5) is 24.3. The maximum atomic E-state index is 12.0. The van der Waals surface area contributed by atoms with Crippen molar-refractivity contribution >= 4 is 17.6 Å². The molecule has 0 aliphatic heterocycles. The van der Waals surface area contributed by atoms with Crippen molar-refractivity contribution in [3.63, 3.8) is 0 Å². The van der Waals surface area contributed by atoms with Gasteiger partial charge < -0.3 is 14.8 Å². The summed E-state index contributed by atoms with van der Waals surface area (Å²) >= 11 is 5.41. The van der Waals surface area contributed by atoms with E-state index in [-0.39, 0.29) is 11.3 Å². The minimum Gasteiger partial charge on any atom is -0.481 e. The summed E-state index contributed by atoms with van der Waals surface area (Å²) < 4.78 is 39.4. The lowest BCUT2D eigenvalue weighted by atomic mass is 10.1. The van der Waals surface area contributed by atoms with Gasteiger partial charge in [0.05, 0.1) is 12.3 Å². The van der Waals surface area contributed by atoms with Crippen LogP contribution in [0.15, 0.2) is 11.0 Å². The van der Waals surface area contributed by atoms with Gasteiger partial charge in [0.15, 0.2) is 5.75 Å². The fourth-order valence-electron chi connectivity index (χ4n) is 1.24. The van der Waals surface area contributed by atoms with E-state index < -0.39 is 35.8 Å². The number of pyridine rings is 1. The number of aliphatic carboxylic acids is 1. The van der Waals surface area contributed by atoms with Crippen LogP contribution in [0.4, 0.5) is 13.2 Å². The zero-order valence-corrected chi connectivity index (χ0v) is 9.43. The Morgan fingerprint density at radius 1 is 1.50 bits per heavy atom. The van der Waals surface area contributed by atoms with Crippen LogP contribution in [0.3, 0.4) is 0 Å². The summed E-state index contributed by atoms with van der Waals surface area (Å²) in [5.74, 6) is -2.65. The number of carboxylic acid groups (broad SMARTS) is 1. The zero-order valence-electron chi connectivity index (χ0n) is 8.68. The second-order valence-electron chi connectivity index (χ2n) is 3.19. The quantitative estimate of drug-likeness (QED) is 0.824. The Morgan fingerprint density at radius 2 is 2.11 bits per heavy atom. The highest BCUT2D eigenvalue weighted by Gasteiger charge is 2.32. The first-order chi connectivity index (χ1) is 8.24. The average Bonchev–Trinajstić information content (AvgIpc) is 2.20. The van der Waals surface area contributed by atoms with Crippen LogP contribution < -0.4 is 10.2 Å². The van der Waals surface area contributed by atoms with Gasteiger partial charge >= 0.3 is 12.3 Å². The Balaban J connectivity index is 3.20. The van der Waals surface area contributed by atoms with E-state index >= 15 is 0 Å². The summed E-state index contributed by atoms with van der Waals surface area (Å²) in [6.07, 6.45) is -4.90. The molecule has 0 radical (unpaired) electrons. The number of hydrogen-bond acceptors (Lipinski definition) is 3. The Morgan fingerprint density at radius 3 is 2.56 bits per heavy atom. The van der Waals surface area contributed by atoms with Crippen LogP contribution in [0, 0.1) is 0 Å². The molecule has 0 spiro atoms. The number of halogens is 4. The van der Waals surface area contributed by atoms with E-state index in [1.165, 1.54) is 0 Å². The van der Waals surface area contributed by atoms with E-state index in [2.05, 4.69) is 9.72 Å². The fraction of sp³-hybridized carbons (Fsp3) is 0.333. The van der Waals surface area contributed by atoms with E-state index in [1.54, 1.807) is 0 Å². The molecule has 0 atom stereocenters. The van der Waals surface area contributed by atoms with Gasteiger partial charge in [-0.2, -0.15) is 0 Å². The van der Waals surface area contributed by atoms with Crippen LogP contribution in [-0.2, 0) is 17.1 Å². The molecule has 0 aliphatic rings. The third-order valence-corrected chi connectivity index (χ3v) is 2.19. The molecule has 0 aromatic carbocycles. The molecule has 0 saturated heterocycles. The summed E-state index contributed by atoms with van der Waals surface area (Å²) in [5, 5.41) is 8.56. The van der Waals surface area contributed by atoms with Gasteiger partial charge in [-0.15, -0.1) is 24.8 Å². The third kappa shape index (κ3) is 3.66. The minimum atomic E-state index is -5.01. The van der Waals surface area contributed by atoms with Gasteiger partial charge in [0.25, 0.3) is 0 Å². The highest BCUT2D eigenvalue weighted by molar-refractivity contribution is 6.17. The molecule has 1 rings (SSSR count). The number of nitrogens with one attached hydrogen (secondary N) is 1. The first kappa shape index (κ1) is 14.4. The molecular weight excluding hydrogens is 279 g/mol. The maximum Gasteiger partial charge on any atom is 0.573 e. The van der Waals surface area contributed by atoms with Gasteiger partial charge in [0, 0.05) is 17.5 Å². The molecular formula is C9H7ClF3NO4. The monoisotopic (exact) mass is 285 g/mol. The van der Waals surface area contributed by atoms with Crippen LogP contribution in [-0.4, -0.2) is 22.4 Å². The van der Waals surface area contributed by atoms with E-state index in [0.717, 1.165) is 0 Å². The number of rotatable bonds is 4. The largest absolute Gasteiger partial charge is 0.573 e. The molecule has 5 nitrogen and oxygen atoms in total. The highest BCUT2D eigenvalue weighted by Crippen LogP contribution is 2.20. The third-order valence-electron chi connectivity index (χ3n) is 1.93. The van der Waals surface area contributed by atoms with Crippen LogP contribution in [0.25, 0.3) is 0 Å². The van der Waals surface area contributed by atoms with Crippen molar-refractivity contribution in [2.24, 2.45) is 0 Å². The van der Waals surface area contributed by atoms with Gasteiger partial charge in [0.2, 0.25) is 5.43 Å². The topological polar surface area (TPSA) is 79.4 Å². The molecule has 0 saturated carbocycles. The number of alkyl halides is 4. The second kappa shape index (κ2) is 5.30. The first-order valence-electron chi connectivity index (χ1n) is 4.51. The van der Waals surface area contributed by atoms with Crippen molar-refractivity contribution in [2.45, 2.75) is 18.7 Å². The van der Waals surface area contributed by atoms with Crippen molar-refractivity contribution < 1.29 is 27.8 Å². The van der Waals surface area contributed by atoms with Crippen LogP contribution in [0.1, 0.15) is 11.3 Å². The molecule has 0 aliphatic carbocycles. The minimum absolute atomic E-state index is 0.0583. The van der Waals surface area contributed by atoms with E-state index in [0.29, 0.717) is 6.20 Å². The van der Waals surface area contributed by atoms with Gasteiger partial charge in [-0.3, -0.25) is 9.59 Å². The number of H-pyrrole nitrogens is 1. The molecule has 1 aromatic heterocycles. The van der Waals surface area contributed by atoms with Crippen molar-refractivity contribution in [3.05, 3.63) is 27.7 Å². The van der Waals surface area contributed by atoms with E-state index in [4.69, 9.17) is 16.7 Å². The van der Waals surface area contributed by atoms with Crippen LogP contribution in [0.2, 0.25) is 0 Å². The van der Waals surface area contributed by atoms with Crippen molar-refractivity contribution in [2.75, 3.05) is 0 Å². The van der Waals surface area contributed by atoms with E-state index in [1.807, 2.05) is 0 Å². The van der Waals surface area contributed by atoms with Crippen LogP contribution >= 0.6 is 11.6 Å². The molecule has 0 amide bonds. The normalized spacial score (nSPS) is 11.3. The molecule has 1 heterocycles. The maximum absolute atomic E-state index is 12.0. The number of aromatic amines is 1. The Bertz CT molecular complexity index is 512. The average molecular weight is 286 g/mol. The number of hydrogen-bond donors (Lipinski definition) is 2. The van der Waals surface area contributed by atoms with Gasteiger partial charge in [-0.25, -0.2) is 0 Å². The summed E-state index contributed by atoms with van der Waals surface area (Å²) in [6, 6.07) is 0. The number of ether oxygens (including phenoxy) is 1. The molecule has 2 N–H and O–H groups in total. The Hall–Kier alpha value is -1.70. The second-order valence-corrected chi connectivity index (χ2v) is 3.46. The molecule has 100 valence electrons. The molecule has 0 bridgehead atoms. The molecule has 0 unspecified atom stereocenters. The molecule has 9 heteroatoms. The Labute approximate surface area is 103 Å². The van der Waals surface area contributed by atoms with Gasteiger partial charge in [0.1, 0.15) is 0 Å². The smallest absolute Gasteiger partial charge is 0.481 e. The molecule has 0 fully saturated rings. The highest BCUT2D eigenvalue weighted by atomic mass is 35.5. The zero-order chi connectivity index (χ0) is 13.9. The fourth-order valence-corrected chi connectivity index (χ4v) is 1.52. The lowest BCUT2D eigenvalue weighted by molar-refractivity contribution is -0.275. The first-order valence-corrected chi connectivity index (χ1v) is 5.05. The predicted molar refractivity (Wildman–Crippen MR) is 54.6 cm³/mol. The standard InChI is InChI=1S/C9H7ClF3NO4/c10-2-4-5(1-7(15)16)14-3-6(8(4)17)18-9(11,12)13/h3H,1-2H2,(H,14,17)(H,15,16). The molecule has 1 aromatic rings. The van der Waals surface area contributed by atoms with Gasteiger partial charge in [-0.05, 0) is 0 Å².